The van der Waals surface area contributed by atoms with Crippen LogP contribution in [0.5, 0.6) is 0 Å². The molecular formula is C27H29N5O. The van der Waals surface area contributed by atoms with Crippen LogP contribution in [0.3, 0.4) is 0 Å². The van der Waals surface area contributed by atoms with Crippen LogP contribution in [-0.2, 0) is 11.8 Å². The molecule has 1 amide bonds. The standard InChI is InChI=1S/C27H29N5O/c1-15-16(2)31-23-13-19-18(11-22(23)30-15)12-24-26(3,4)27(19,5)8-9-32(24)25(33)17-6-7-20-21(10-17)29-14-28-20/h6-7,10-11,13-14,24H,8-9,12H2,1-5H3,(H,28,29)/t24?,27-/m0/s1. The summed E-state index contributed by atoms with van der Waals surface area (Å²) in [6.07, 6.45) is 3.43. The Kier molecular flexibility index (Phi) is 4.08. The van der Waals surface area contributed by atoms with Gasteiger partial charge in [0.25, 0.3) is 5.91 Å². The van der Waals surface area contributed by atoms with E-state index in [1.54, 1.807) is 6.33 Å². The highest BCUT2D eigenvalue weighted by Gasteiger charge is 2.57. The van der Waals surface area contributed by atoms with Crippen LogP contribution in [0.25, 0.3) is 22.1 Å². The first-order valence-electron chi connectivity index (χ1n) is 11.7. The minimum Gasteiger partial charge on any atom is -0.345 e. The molecule has 1 unspecified atom stereocenters. The normalized spacial score (nSPS) is 23.7. The van der Waals surface area contributed by atoms with Gasteiger partial charge in [0.2, 0.25) is 0 Å². The van der Waals surface area contributed by atoms with Crippen LogP contribution in [0.4, 0.5) is 0 Å². The predicted molar refractivity (Wildman–Crippen MR) is 129 cm³/mol. The summed E-state index contributed by atoms with van der Waals surface area (Å²) in [7, 11) is 0. The fourth-order valence-corrected chi connectivity index (χ4v) is 6.12. The largest absolute Gasteiger partial charge is 0.345 e. The Morgan fingerprint density at radius 2 is 1.76 bits per heavy atom. The van der Waals surface area contributed by atoms with Crippen LogP contribution < -0.4 is 0 Å². The average Bonchev–Trinajstić information content (AvgIpc) is 3.24. The van der Waals surface area contributed by atoms with Gasteiger partial charge in [0.05, 0.1) is 39.8 Å². The van der Waals surface area contributed by atoms with Gasteiger partial charge >= 0.3 is 0 Å². The van der Waals surface area contributed by atoms with Crippen molar-refractivity contribution in [3.05, 3.63) is 64.7 Å². The van der Waals surface area contributed by atoms with E-state index < -0.39 is 0 Å². The van der Waals surface area contributed by atoms with E-state index in [0.717, 1.165) is 52.8 Å². The van der Waals surface area contributed by atoms with E-state index in [0.29, 0.717) is 5.56 Å². The first kappa shape index (κ1) is 20.3. The Bertz CT molecular complexity index is 1450. The van der Waals surface area contributed by atoms with Crippen molar-refractivity contribution in [1.82, 2.24) is 24.8 Å². The highest BCUT2D eigenvalue weighted by atomic mass is 16.2. The molecule has 4 aromatic rings. The van der Waals surface area contributed by atoms with Crippen molar-refractivity contribution in [2.45, 2.75) is 58.9 Å². The van der Waals surface area contributed by atoms with E-state index in [4.69, 9.17) is 9.97 Å². The number of amides is 1. The molecule has 6 heteroatoms. The number of benzene rings is 2. The first-order valence-corrected chi connectivity index (χ1v) is 11.7. The SMILES string of the molecule is Cc1nc2cc3c(cc2nc1C)[C@]1(C)CCN(C(=O)c2ccc4nc[nH]c4c2)C(C3)C1(C)C. The van der Waals surface area contributed by atoms with Gasteiger partial charge in [0, 0.05) is 23.6 Å². The summed E-state index contributed by atoms with van der Waals surface area (Å²) in [6.45, 7) is 11.8. The molecule has 0 radical (unpaired) electrons. The smallest absolute Gasteiger partial charge is 0.254 e. The van der Waals surface area contributed by atoms with Gasteiger partial charge in [0.1, 0.15) is 0 Å². The molecule has 2 aromatic heterocycles. The van der Waals surface area contributed by atoms with Gasteiger partial charge in [0.15, 0.2) is 0 Å². The van der Waals surface area contributed by atoms with Gasteiger partial charge in [-0.1, -0.05) is 20.8 Å². The molecule has 168 valence electrons. The number of imidazole rings is 1. The van der Waals surface area contributed by atoms with Gasteiger partial charge < -0.3 is 9.88 Å². The molecule has 3 heterocycles. The molecule has 6 rings (SSSR count). The van der Waals surface area contributed by atoms with Gasteiger partial charge in [-0.3, -0.25) is 4.79 Å². The zero-order valence-electron chi connectivity index (χ0n) is 19.9. The van der Waals surface area contributed by atoms with Gasteiger partial charge in [-0.2, -0.15) is 0 Å². The Balaban J connectivity index is 1.45. The molecule has 2 bridgehead atoms. The lowest BCUT2D eigenvalue weighted by atomic mass is 9.51. The summed E-state index contributed by atoms with van der Waals surface area (Å²) < 4.78 is 0. The molecule has 6 nitrogen and oxygen atoms in total. The Hall–Kier alpha value is -3.28. The van der Waals surface area contributed by atoms with Crippen LogP contribution >= 0.6 is 0 Å². The third kappa shape index (κ3) is 2.73. The van der Waals surface area contributed by atoms with Crippen molar-refractivity contribution in [2.75, 3.05) is 6.54 Å². The van der Waals surface area contributed by atoms with E-state index in [-0.39, 0.29) is 22.8 Å². The maximum atomic E-state index is 13.7. The van der Waals surface area contributed by atoms with Crippen LogP contribution in [0.2, 0.25) is 0 Å². The number of aryl methyl sites for hydroxylation is 2. The number of nitrogens with one attached hydrogen (secondary N) is 1. The number of likely N-dealkylation sites (tertiary alicyclic amines) is 1. The van der Waals surface area contributed by atoms with Crippen molar-refractivity contribution < 1.29 is 4.79 Å². The summed E-state index contributed by atoms with van der Waals surface area (Å²) in [6, 6.07) is 10.4. The van der Waals surface area contributed by atoms with Crippen LogP contribution in [0.15, 0.2) is 36.7 Å². The Morgan fingerprint density at radius 3 is 2.52 bits per heavy atom. The number of H-pyrrole nitrogens is 1. The summed E-state index contributed by atoms with van der Waals surface area (Å²) in [5, 5.41) is 0. The summed E-state index contributed by atoms with van der Waals surface area (Å²) >= 11 is 0. The van der Waals surface area contributed by atoms with E-state index in [2.05, 4.69) is 47.8 Å². The molecule has 2 atom stereocenters. The average molecular weight is 440 g/mol. The fraction of sp³-hybridized carbons (Fsp3) is 0.407. The maximum absolute atomic E-state index is 13.7. The van der Waals surface area contributed by atoms with E-state index >= 15 is 0 Å². The second-order valence-electron chi connectivity index (χ2n) is 10.5. The van der Waals surface area contributed by atoms with E-state index in [9.17, 15) is 4.79 Å². The first-order chi connectivity index (χ1) is 15.7. The third-order valence-corrected chi connectivity index (χ3v) is 8.72. The van der Waals surface area contributed by atoms with E-state index in [1.165, 1.54) is 11.1 Å². The second kappa shape index (κ2) is 6.62. The number of rotatable bonds is 1. The topological polar surface area (TPSA) is 74.8 Å². The van der Waals surface area contributed by atoms with Gasteiger partial charge in [-0.15, -0.1) is 0 Å². The number of hydrogen-bond donors (Lipinski definition) is 1. The van der Waals surface area contributed by atoms with E-state index in [1.807, 2.05) is 32.0 Å². The highest BCUT2D eigenvalue weighted by Crippen LogP contribution is 2.56. The zero-order chi connectivity index (χ0) is 23.1. The monoisotopic (exact) mass is 439 g/mol. The molecule has 0 spiro atoms. The van der Waals surface area contributed by atoms with Crippen molar-refractivity contribution in [3.8, 4) is 0 Å². The zero-order valence-corrected chi connectivity index (χ0v) is 19.9. The molecular weight excluding hydrogens is 410 g/mol. The lowest BCUT2D eigenvalue weighted by Gasteiger charge is -2.60. The van der Waals surface area contributed by atoms with Crippen LogP contribution in [0, 0.1) is 19.3 Å². The van der Waals surface area contributed by atoms with Crippen molar-refractivity contribution in [3.63, 3.8) is 0 Å². The number of piperidine rings is 1. The molecule has 1 N–H and O–H groups in total. The summed E-state index contributed by atoms with van der Waals surface area (Å²) in [5.41, 5.74) is 8.91. The van der Waals surface area contributed by atoms with Gasteiger partial charge in [-0.05, 0) is 73.6 Å². The highest BCUT2D eigenvalue weighted by molar-refractivity contribution is 5.97. The number of hydrogen-bond acceptors (Lipinski definition) is 4. The second-order valence-corrected chi connectivity index (χ2v) is 10.5. The molecule has 0 saturated carbocycles. The molecule has 1 aliphatic carbocycles. The lowest BCUT2D eigenvalue weighted by Crippen LogP contribution is -2.64. The number of carbonyl (C=O) groups is 1. The number of fused-ring (bicyclic) bond motifs is 6. The van der Waals surface area contributed by atoms with Crippen molar-refractivity contribution >= 4 is 28.0 Å². The minimum atomic E-state index is -0.0765. The molecule has 2 aliphatic rings. The third-order valence-electron chi connectivity index (χ3n) is 8.72. The van der Waals surface area contributed by atoms with Crippen molar-refractivity contribution in [2.24, 2.45) is 5.41 Å². The quantitative estimate of drug-likeness (QED) is 0.459. The van der Waals surface area contributed by atoms with Crippen LogP contribution in [-0.4, -0.2) is 43.3 Å². The summed E-state index contributed by atoms with van der Waals surface area (Å²) in [5.74, 6) is 0.0992. The molecule has 1 saturated heterocycles. The Labute approximate surface area is 193 Å². The van der Waals surface area contributed by atoms with Gasteiger partial charge in [-0.25, -0.2) is 15.0 Å². The van der Waals surface area contributed by atoms with Crippen LogP contribution in [0.1, 0.15) is 60.1 Å². The Morgan fingerprint density at radius 1 is 1.03 bits per heavy atom. The number of aromatic amines is 1. The predicted octanol–water partition coefficient (Wildman–Crippen LogP) is 4.88. The number of aromatic nitrogens is 4. The molecule has 2 aromatic carbocycles. The molecule has 33 heavy (non-hydrogen) atoms. The molecule has 1 aliphatic heterocycles. The lowest BCUT2D eigenvalue weighted by molar-refractivity contribution is -0.0261. The molecule has 1 fully saturated rings. The maximum Gasteiger partial charge on any atom is 0.254 e. The number of nitrogens with zero attached hydrogens (tertiary/aromatic N) is 4. The van der Waals surface area contributed by atoms with Crippen molar-refractivity contribution in [1.29, 1.82) is 0 Å². The fourth-order valence-electron chi connectivity index (χ4n) is 6.12. The summed E-state index contributed by atoms with van der Waals surface area (Å²) in [4.78, 5) is 32.9. The minimum absolute atomic E-state index is 0.0377. The number of carbonyl (C=O) groups excluding carboxylic acids is 1.